The maximum atomic E-state index is 13.4. The molecule has 1 saturated heterocycles. The van der Waals surface area contributed by atoms with Crippen molar-refractivity contribution < 1.29 is 4.79 Å². The lowest BCUT2D eigenvalue weighted by Gasteiger charge is -2.36. The first-order chi connectivity index (χ1) is 16.1. The van der Waals surface area contributed by atoms with Crippen LogP contribution in [-0.2, 0) is 19.5 Å². The zero-order valence-electron chi connectivity index (χ0n) is 19.0. The standard InChI is InChI=1S/C26H29N5O2/c1-18-5-4-6-20(15-18)26(33)31-13-3-2-7-23(31)24-28-22-17-30(14-10-21(22)25(32)29-24)16-19-8-11-27-12-9-19/h4-6,8-9,11-12,15,23H,2-3,7,10,13-14,16-17H2,1H3,(H,28,29,32)/t23-/m1/s1. The fraction of sp³-hybridized carbons (Fsp3) is 0.385. The Labute approximate surface area is 193 Å². The Bertz CT molecular complexity index is 1210. The second-order valence-electron chi connectivity index (χ2n) is 9.07. The number of aromatic amines is 1. The molecule has 1 aromatic carbocycles. The Balaban J connectivity index is 1.41. The van der Waals surface area contributed by atoms with Crippen molar-refractivity contribution in [2.45, 2.75) is 51.7 Å². The molecule has 2 aliphatic heterocycles. The molecule has 7 heteroatoms. The highest BCUT2D eigenvalue weighted by molar-refractivity contribution is 5.94. The van der Waals surface area contributed by atoms with Gasteiger partial charge in [-0.2, -0.15) is 0 Å². The van der Waals surface area contributed by atoms with Crippen LogP contribution < -0.4 is 5.56 Å². The van der Waals surface area contributed by atoms with Crippen LogP contribution >= 0.6 is 0 Å². The smallest absolute Gasteiger partial charge is 0.254 e. The third kappa shape index (κ3) is 4.59. The minimum Gasteiger partial charge on any atom is -0.328 e. The van der Waals surface area contributed by atoms with Gasteiger partial charge in [0.2, 0.25) is 0 Å². The zero-order chi connectivity index (χ0) is 22.8. The summed E-state index contributed by atoms with van der Waals surface area (Å²) in [6.07, 6.45) is 7.06. The van der Waals surface area contributed by atoms with Crippen molar-refractivity contribution in [1.82, 2.24) is 24.8 Å². The number of likely N-dealkylation sites (tertiary alicyclic amines) is 1. The number of fused-ring (bicyclic) bond motifs is 1. The Morgan fingerprint density at radius 3 is 2.82 bits per heavy atom. The van der Waals surface area contributed by atoms with E-state index in [9.17, 15) is 9.59 Å². The normalized spacial score (nSPS) is 18.7. The number of amides is 1. The van der Waals surface area contributed by atoms with Gasteiger partial charge >= 0.3 is 0 Å². The number of benzene rings is 1. The van der Waals surface area contributed by atoms with E-state index in [2.05, 4.69) is 14.9 Å². The molecule has 0 spiro atoms. The first kappa shape index (κ1) is 21.5. The van der Waals surface area contributed by atoms with Gasteiger partial charge < -0.3 is 9.88 Å². The molecule has 1 atom stereocenters. The highest BCUT2D eigenvalue weighted by Crippen LogP contribution is 2.31. The van der Waals surface area contributed by atoms with E-state index in [4.69, 9.17) is 4.98 Å². The maximum absolute atomic E-state index is 13.4. The lowest BCUT2D eigenvalue weighted by Crippen LogP contribution is -2.41. The predicted molar refractivity (Wildman–Crippen MR) is 126 cm³/mol. The summed E-state index contributed by atoms with van der Waals surface area (Å²) < 4.78 is 0. The third-order valence-electron chi connectivity index (χ3n) is 6.67. The van der Waals surface area contributed by atoms with Crippen LogP contribution in [0, 0.1) is 6.92 Å². The largest absolute Gasteiger partial charge is 0.328 e. The van der Waals surface area contributed by atoms with E-state index in [1.54, 1.807) is 12.4 Å². The molecule has 1 amide bonds. The van der Waals surface area contributed by atoms with Gasteiger partial charge in [0.25, 0.3) is 11.5 Å². The number of carbonyl (C=O) groups is 1. The van der Waals surface area contributed by atoms with E-state index in [1.165, 1.54) is 5.56 Å². The maximum Gasteiger partial charge on any atom is 0.254 e. The average molecular weight is 444 g/mol. The molecule has 33 heavy (non-hydrogen) atoms. The second kappa shape index (κ2) is 9.27. The summed E-state index contributed by atoms with van der Waals surface area (Å²) in [6, 6.07) is 11.5. The number of pyridine rings is 1. The van der Waals surface area contributed by atoms with E-state index in [1.807, 2.05) is 48.2 Å². The average Bonchev–Trinajstić information content (AvgIpc) is 2.84. The van der Waals surface area contributed by atoms with Crippen LogP contribution in [0.4, 0.5) is 0 Å². The zero-order valence-corrected chi connectivity index (χ0v) is 19.0. The number of nitrogens with one attached hydrogen (secondary N) is 1. The van der Waals surface area contributed by atoms with E-state index >= 15 is 0 Å². The van der Waals surface area contributed by atoms with Gasteiger partial charge in [-0.25, -0.2) is 4.98 Å². The summed E-state index contributed by atoms with van der Waals surface area (Å²) in [6.45, 7) is 4.91. The Morgan fingerprint density at radius 2 is 2.00 bits per heavy atom. The van der Waals surface area contributed by atoms with Gasteiger partial charge in [0.05, 0.1) is 11.7 Å². The molecule has 7 nitrogen and oxygen atoms in total. The number of piperidine rings is 1. The Hall–Kier alpha value is -3.32. The van der Waals surface area contributed by atoms with E-state index in [0.29, 0.717) is 30.9 Å². The molecule has 2 aliphatic rings. The topological polar surface area (TPSA) is 82.2 Å². The van der Waals surface area contributed by atoms with Gasteiger partial charge in [-0.05, 0) is 62.4 Å². The van der Waals surface area contributed by atoms with Crippen molar-refractivity contribution in [1.29, 1.82) is 0 Å². The summed E-state index contributed by atoms with van der Waals surface area (Å²) in [5.74, 6) is 0.619. The summed E-state index contributed by atoms with van der Waals surface area (Å²) in [7, 11) is 0. The number of H-pyrrole nitrogens is 1. The van der Waals surface area contributed by atoms with Crippen LogP contribution in [0.1, 0.15) is 63.9 Å². The van der Waals surface area contributed by atoms with E-state index < -0.39 is 0 Å². The molecule has 4 heterocycles. The quantitative estimate of drug-likeness (QED) is 0.668. The minimum absolute atomic E-state index is 0.00285. The van der Waals surface area contributed by atoms with Crippen LogP contribution in [0.2, 0.25) is 0 Å². The second-order valence-corrected chi connectivity index (χ2v) is 9.07. The van der Waals surface area contributed by atoms with Crippen LogP contribution in [-0.4, -0.2) is 43.7 Å². The van der Waals surface area contributed by atoms with Crippen LogP contribution in [0.15, 0.2) is 53.6 Å². The predicted octanol–water partition coefficient (Wildman–Crippen LogP) is 3.40. The molecule has 0 unspecified atom stereocenters. The lowest BCUT2D eigenvalue weighted by atomic mass is 9.98. The van der Waals surface area contributed by atoms with Gasteiger partial charge in [0, 0.05) is 49.7 Å². The molecular formula is C26H29N5O2. The number of nitrogens with zero attached hydrogens (tertiary/aromatic N) is 4. The fourth-order valence-electron chi connectivity index (χ4n) is 4.96. The summed E-state index contributed by atoms with van der Waals surface area (Å²) in [4.78, 5) is 42.6. The Kier molecular flexibility index (Phi) is 6.05. The molecule has 5 rings (SSSR count). The number of rotatable bonds is 4. The van der Waals surface area contributed by atoms with Gasteiger partial charge in [-0.15, -0.1) is 0 Å². The minimum atomic E-state index is -0.208. The van der Waals surface area contributed by atoms with Crippen molar-refractivity contribution in [2.24, 2.45) is 0 Å². The van der Waals surface area contributed by atoms with Crippen molar-refractivity contribution in [3.63, 3.8) is 0 Å². The summed E-state index contributed by atoms with van der Waals surface area (Å²) >= 11 is 0. The molecule has 1 fully saturated rings. The number of aryl methyl sites for hydroxylation is 1. The first-order valence-corrected chi connectivity index (χ1v) is 11.7. The van der Waals surface area contributed by atoms with Crippen molar-refractivity contribution >= 4 is 5.91 Å². The molecular weight excluding hydrogens is 414 g/mol. The van der Waals surface area contributed by atoms with Crippen LogP contribution in [0.25, 0.3) is 0 Å². The Morgan fingerprint density at radius 1 is 1.15 bits per heavy atom. The highest BCUT2D eigenvalue weighted by atomic mass is 16.2. The third-order valence-corrected chi connectivity index (χ3v) is 6.67. The molecule has 0 radical (unpaired) electrons. The first-order valence-electron chi connectivity index (χ1n) is 11.7. The van der Waals surface area contributed by atoms with Crippen molar-refractivity contribution in [3.05, 3.63) is 92.9 Å². The van der Waals surface area contributed by atoms with E-state index in [0.717, 1.165) is 49.2 Å². The monoisotopic (exact) mass is 443 g/mol. The van der Waals surface area contributed by atoms with Gasteiger partial charge in [-0.1, -0.05) is 17.7 Å². The summed E-state index contributed by atoms with van der Waals surface area (Å²) in [5, 5.41) is 0. The van der Waals surface area contributed by atoms with Gasteiger partial charge in [0.1, 0.15) is 5.82 Å². The molecule has 1 N–H and O–H groups in total. The molecule has 0 aliphatic carbocycles. The molecule has 2 aromatic heterocycles. The number of carbonyl (C=O) groups excluding carboxylic acids is 1. The van der Waals surface area contributed by atoms with Gasteiger partial charge in [-0.3, -0.25) is 19.5 Å². The number of hydrogen-bond acceptors (Lipinski definition) is 5. The van der Waals surface area contributed by atoms with Gasteiger partial charge in [0.15, 0.2) is 0 Å². The molecule has 3 aromatic rings. The summed E-state index contributed by atoms with van der Waals surface area (Å²) in [5.41, 5.74) is 4.49. The van der Waals surface area contributed by atoms with E-state index in [-0.39, 0.29) is 17.5 Å². The molecule has 170 valence electrons. The number of hydrogen-bond donors (Lipinski definition) is 1. The lowest BCUT2D eigenvalue weighted by molar-refractivity contribution is 0.0598. The molecule has 0 saturated carbocycles. The van der Waals surface area contributed by atoms with Crippen molar-refractivity contribution in [2.75, 3.05) is 13.1 Å². The number of aromatic nitrogens is 3. The highest BCUT2D eigenvalue weighted by Gasteiger charge is 2.32. The van der Waals surface area contributed by atoms with Crippen molar-refractivity contribution in [3.8, 4) is 0 Å². The van der Waals surface area contributed by atoms with Crippen LogP contribution in [0.3, 0.4) is 0 Å². The fourth-order valence-corrected chi connectivity index (χ4v) is 4.96. The van der Waals surface area contributed by atoms with Crippen LogP contribution in [0.5, 0.6) is 0 Å². The molecule has 0 bridgehead atoms. The SMILES string of the molecule is Cc1cccc(C(=O)N2CCCC[C@@H]2c2nc3c(c(=O)[nH]2)CCN(Cc2ccncc2)C3)c1.